The highest BCUT2D eigenvalue weighted by Crippen LogP contribution is 1.87. The zero-order valence-electron chi connectivity index (χ0n) is 7.83. The largest absolute Gasteiger partial charge is 0.356 e. The molecule has 1 aromatic rings. The van der Waals surface area contributed by atoms with Gasteiger partial charge in [-0.15, -0.1) is 0 Å². The summed E-state index contributed by atoms with van der Waals surface area (Å²) in [6.45, 7) is 2.44. The Morgan fingerprint density at radius 1 is 1.64 bits per heavy atom. The quantitative estimate of drug-likeness (QED) is 0.595. The van der Waals surface area contributed by atoms with Crippen molar-refractivity contribution in [1.82, 2.24) is 15.3 Å². The Kier molecular flexibility index (Phi) is 3.66. The molecule has 76 valence electrons. The van der Waals surface area contributed by atoms with Crippen LogP contribution in [0.2, 0.25) is 0 Å². The van der Waals surface area contributed by atoms with E-state index < -0.39 is 0 Å². The molecule has 0 aliphatic carbocycles. The van der Waals surface area contributed by atoms with Crippen molar-refractivity contribution in [3.63, 3.8) is 0 Å². The molecule has 0 aliphatic heterocycles. The van der Waals surface area contributed by atoms with Gasteiger partial charge in [-0.1, -0.05) is 0 Å². The first-order valence-corrected chi connectivity index (χ1v) is 4.28. The number of aromatic nitrogens is 2. The summed E-state index contributed by atoms with van der Waals surface area (Å²) >= 11 is 0. The molecule has 1 aromatic heterocycles. The highest BCUT2D eigenvalue weighted by molar-refractivity contribution is 5.80. The lowest BCUT2D eigenvalue weighted by atomic mass is 10.5. The summed E-state index contributed by atoms with van der Waals surface area (Å²) in [4.78, 5) is 28.3. The lowest BCUT2D eigenvalue weighted by Gasteiger charge is -2.03. The van der Waals surface area contributed by atoms with Gasteiger partial charge in [-0.2, -0.15) is 0 Å². The smallest absolute Gasteiger partial charge is 0.290 e. The summed E-state index contributed by atoms with van der Waals surface area (Å²) in [5, 5.41) is 5.22. The lowest BCUT2D eigenvalue weighted by molar-refractivity contribution is -0.119. The molecule has 6 heteroatoms. The first-order chi connectivity index (χ1) is 6.74. The Morgan fingerprint density at radius 2 is 2.43 bits per heavy atom. The Bertz CT molecular complexity index is 360. The molecule has 0 atom stereocenters. The third-order valence-corrected chi connectivity index (χ3v) is 1.50. The number of hydrogen-bond donors (Lipinski definition) is 3. The number of aromatic amines is 1. The molecule has 0 aromatic carbocycles. The van der Waals surface area contributed by atoms with Crippen molar-refractivity contribution >= 4 is 11.7 Å². The number of anilines is 1. The zero-order valence-corrected chi connectivity index (χ0v) is 7.83. The second-order valence-corrected chi connectivity index (χ2v) is 2.57. The summed E-state index contributed by atoms with van der Waals surface area (Å²) < 4.78 is 0. The highest BCUT2D eigenvalue weighted by Gasteiger charge is 2.02. The SMILES string of the molecule is CCNC(=O)CNc1ncc[nH]c1=O. The van der Waals surface area contributed by atoms with Gasteiger partial charge in [0.2, 0.25) is 5.91 Å². The monoisotopic (exact) mass is 196 g/mol. The first kappa shape index (κ1) is 10.2. The van der Waals surface area contributed by atoms with E-state index >= 15 is 0 Å². The zero-order chi connectivity index (χ0) is 10.4. The van der Waals surface area contributed by atoms with E-state index in [-0.39, 0.29) is 23.8 Å². The summed E-state index contributed by atoms with van der Waals surface area (Å²) in [6.07, 6.45) is 2.88. The van der Waals surface area contributed by atoms with Crippen LogP contribution in [0.3, 0.4) is 0 Å². The van der Waals surface area contributed by atoms with Crippen LogP contribution in [0.5, 0.6) is 0 Å². The molecule has 0 bridgehead atoms. The van der Waals surface area contributed by atoms with Gasteiger partial charge in [-0.3, -0.25) is 9.59 Å². The third kappa shape index (κ3) is 2.89. The van der Waals surface area contributed by atoms with E-state index in [0.717, 1.165) is 0 Å². The van der Waals surface area contributed by atoms with Crippen LogP contribution in [-0.4, -0.2) is 29.0 Å². The molecule has 14 heavy (non-hydrogen) atoms. The lowest BCUT2D eigenvalue weighted by Crippen LogP contribution is -2.31. The van der Waals surface area contributed by atoms with Gasteiger partial charge in [0.25, 0.3) is 5.56 Å². The fraction of sp³-hybridized carbons (Fsp3) is 0.375. The van der Waals surface area contributed by atoms with Crippen LogP contribution in [0.15, 0.2) is 17.2 Å². The van der Waals surface area contributed by atoms with E-state index in [1.807, 2.05) is 6.92 Å². The minimum Gasteiger partial charge on any atom is -0.356 e. The van der Waals surface area contributed by atoms with Gasteiger partial charge in [0, 0.05) is 18.9 Å². The van der Waals surface area contributed by atoms with Crippen molar-refractivity contribution in [3.05, 3.63) is 22.7 Å². The second kappa shape index (κ2) is 5.00. The van der Waals surface area contributed by atoms with Crippen LogP contribution in [0.4, 0.5) is 5.82 Å². The van der Waals surface area contributed by atoms with Crippen molar-refractivity contribution in [2.45, 2.75) is 6.92 Å². The number of carbonyl (C=O) groups excluding carboxylic acids is 1. The minimum atomic E-state index is -0.336. The van der Waals surface area contributed by atoms with E-state index in [2.05, 4.69) is 20.6 Å². The summed E-state index contributed by atoms with van der Waals surface area (Å²) in [5.41, 5.74) is -0.336. The van der Waals surface area contributed by atoms with Gasteiger partial charge in [0.1, 0.15) is 0 Å². The predicted octanol–water partition coefficient (Wildman–Crippen LogP) is -0.682. The number of amides is 1. The van der Waals surface area contributed by atoms with Crippen molar-refractivity contribution in [2.24, 2.45) is 0 Å². The van der Waals surface area contributed by atoms with Crippen molar-refractivity contribution in [1.29, 1.82) is 0 Å². The summed E-state index contributed by atoms with van der Waals surface area (Å²) in [5.74, 6) is -0.0173. The Morgan fingerprint density at radius 3 is 3.07 bits per heavy atom. The molecule has 0 unspecified atom stereocenters. The van der Waals surface area contributed by atoms with Gasteiger partial charge in [-0.25, -0.2) is 4.98 Å². The highest BCUT2D eigenvalue weighted by atomic mass is 16.2. The molecule has 1 heterocycles. The molecule has 1 rings (SSSR count). The van der Waals surface area contributed by atoms with E-state index in [4.69, 9.17) is 0 Å². The fourth-order valence-electron chi connectivity index (χ4n) is 0.901. The number of carbonyl (C=O) groups is 1. The topological polar surface area (TPSA) is 86.9 Å². The molecule has 0 saturated heterocycles. The van der Waals surface area contributed by atoms with Crippen LogP contribution in [0.1, 0.15) is 6.92 Å². The van der Waals surface area contributed by atoms with Gasteiger partial charge in [-0.05, 0) is 6.92 Å². The first-order valence-electron chi connectivity index (χ1n) is 4.28. The summed E-state index contributed by atoms with van der Waals surface area (Å²) in [6, 6.07) is 0. The number of rotatable bonds is 4. The molecule has 3 N–H and O–H groups in total. The fourth-order valence-corrected chi connectivity index (χ4v) is 0.901. The minimum absolute atomic E-state index is 0.0495. The van der Waals surface area contributed by atoms with E-state index in [9.17, 15) is 9.59 Å². The Balaban J connectivity index is 2.50. The number of likely N-dealkylation sites (N-methyl/N-ethyl adjacent to an activating group) is 1. The molecule has 0 aliphatic rings. The number of H-pyrrole nitrogens is 1. The van der Waals surface area contributed by atoms with Gasteiger partial charge >= 0.3 is 0 Å². The Labute approximate surface area is 80.8 Å². The van der Waals surface area contributed by atoms with E-state index in [0.29, 0.717) is 6.54 Å². The average Bonchev–Trinajstić information content (AvgIpc) is 2.17. The number of nitrogens with one attached hydrogen (secondary N) is 3. The van der Waals surface area contributed by atoms with Gasteiger partial charge < -0.3 is 15.6 Å². The molecule has 0 radical (unpaired) electrons. The molecule has 1 amide bonds. The van der Waals surface area contributed by atoms with Gasteiger partial charge in [0.15, 0.2) is 5.82 Å². The molecule has 6 nitrogen and oxygen atoms in total. The summed E-state index contributed by atoms with van der Waals surface area (Å²) in [7, 11) is 0. The van der Waals surface area contributed by atoms with Crippen LogP contribution in [0, 0.1) is 0 Å². The normalized spacial score (nSPS) is 9.50. The van der Waals surface area contributed by atoms with Crippen LogP contribution in [-0.2, 0) is 4.79 Å². The molecular weight excluding hydrogens is 184 g/mol. The van der Waals surface area contributed by atoms with Crippen molar-refractivity contribution in [3.8, 4) is 0 Å². The molecule has 0 fully saturated rings. The molecular formula is C8H12N4O2. The van der Waals surface area contributed by atoms with Gasteiger partial charge in [0.05, 0.1) is 6.54 Å². The van der Waals surface area contributed by atoms with Crippen LogP contribution >= 0.6 is 0 Å². The standard InChI is InChI=1S/C8H12N4O2/c1-2-9-6(13)5-12-7-8(14)11-4-3-10-7/h3-4H,2,5H2,1H3,(H,9,13)(H,10,12)(H,11,14). The number of nitrogens with zero attached hydrogens (tertiary/aromatic N) is 1. The Hall–Kier alpha value is -1.85. The van der Waals surface area contributed by atoms with Crippen molar-refractivity contribution in [2.75, 3.05) is 18.4 Å². The maximum atomic E-state index is 11.1. The second-order valence-electron chi connectivity index (χ2n) is 2.57. The maximum Gasteiger partial charge on any atom is 0.290 e. The third-order valence-electron chi connectivity index (χ3n) is 1.50. The van der Waals surface area contributed by atoms with Crippen LogP contribution in [0.25, 0.3) is 0 Å². The number of hydrogen-bond acceptors (Lipinski definition) is 4. The van der Waals surface area contributed by atoms with Crippen LogP contribution < -0.4 is 16.2 Å². The average molecular weight is 196 g/mol. The van der Waals surface area contributed by atoms with E-state index in [1.54, 1.807) is 0 Å². The molecule has 0 saturated carbocycles. The maximum absolute atomic E-state index is 11.1. The predicted molar refractivity (Wildman–Crippen MR) is 52.0 cm³/mol. The van der Waals surface area contributed by atoms with Crippen molar-refractivity contribution < 1.29 is 4.79 Å². The molecule has 0 spiro atoms. The van der Waals surface area contributed by atoms with E-state index in [1.165, 1.54) is 12.4 Å².